The summed E-state index contributed by atoms with van der Waals surface area (Å²) in [5.41, 5.74) is 1.06. The van der Waals surface area contributed by atoms with E-state index in [1.54, 1.807) is 60.7 Å². The Labute approximate surface area is 164 Å². The average molecular weight is 399 g/mol. The number of carboxylic acids is 1. The van der Waals surface area contributed by atoms with Gasteiger partial charge in [0.2, 0.25) is 0 Å². The Balaban J connectivity index is 1.77. The van der Waals surface area contributed by atoms with Gasteiger partial charge in [-0.15, -0.1) is 0 Å². The maximum Gasteiger partial charge on any atom is 0.343 e. The molecule has 1 saturated heterocycles. The molecule has 1 heterocycles. The number of nitrogens with zero attached hydrogens (tertiary/aromatic N) is 1. The molecule has 0 radical (unpaired) electrons. The minimum absolute atomic E-state index is 0.195. The molecule has 27 heavy (non-hydrogen) atoms. The van der Waals surface area contributed by atoms with Crippen LogP contribution in [0.1, 0.15) is 15.9 Å². The Morgan fingerprint density at radius 3 is 2.59 bits per heavy atom. The number of ether oxygens (including phenoxy) is 1. The minimum Gasteiger partial charge on any atom is -0.480 e. The van der Waals surface area contributed by atoms with Gasteiger partial charge in [-0.3, -0.25) is 14.5 Å². The third-order valence-electron chi connectivity index (χ3n) is 3.54. The number of carboxylic acid groups (broad SMARTS) is 1. The van der Waals surface area contributed by atoms with Gasteiger partial charge in [0.1, 0.15) is 16.6 Å². The van der Waals surface area contributed by atoms with Crippen molar-refractivity contribution in [2.24, 2.45) is 0 Å². The molecule has 0 unspecified atom stereocenters. The number of aliphatic carboxylic acids is 1. The third kappa shape index (κ3) is 4.60. The summed E-state index contributed by atoms with van der Waals surface area (Å²) in [4.78, 5) is 36.6. The zero-order chi connectivity index (χ0) is 19.4. The highest BCUT2D eigenvalue weighted by atomic mass is 32.2. The number of thioether (sulfide) groups is 1. The Kier molecular flexibility index (Phi) is 5.68. The van der Waals surface area contributed by atoms with Crippen LogP contribution in [-0.4, -0.2) is 38.7 Å². The number of rotatable bonds is 5. The maximum absolute atomic E-state index is 12.3. The van der Waals surface area contributed by atoms with E-state index in [0.717, 1.165) is 16.7 Å². The molecule has 0 spiro atoms. The molecule has 0 aliphatic carbocycles. The van der Waals surface area contributed by atoms with Gasteiger partial charge in [0, 0.05) is 0 Å². The van der Waals surface area contributed by atoms with E-state index in [9.17, 15) is 14.4 Å². The van der Waals surface area contributed by atoms with E-state index in [-0.39, 0.29) is 4.32 Å². The van der Waals surface area contributed by atoms with Gasteiger partial charge in [-0.25, -0.2) is 4.79 Å². The van der Waals surface area contributed by atoms with Crippen LogP contribution in [0.4, 0.5) is 0 Å². The van der Waals surface area contributed by atoms with Gasteiger partial charge in [0.25, 0.3) is 5.91 Å². The summed E-state index contributed by atoms with van der Waals surface area (Å²) in [6.07, 6.45) is 1.58. The number of carbonyl (C=O) groups is 3. The molecule has 6 nitrogen and oxygen atoms in total. The SMILES string of the molecule is O=C(O)CN1C(=O)C(=Cc2cccc(OC(=O)c3ccccc3)c2)SC1=S. The van der Waals surface area contributed by atoms with Crippen molar-refractivity contribution in [3.05, 3.63) is 70.6 Å². The Morgan fingerprint density at radius 2 is 1.89 bits per heavy atom. The minimum atomic E-state index is -1.14. The molecular formula is C19H13NO5S2. The van der Waals surface area contributed by atoms with Crippen LogP contribution in [0.5, 0.6) is 5.75 Å². The van der Waals surface area contributed by atoms with Crippen LogP contribution in [0, 0.1) is 0 Å². The number of benzene rings is 2. The molecule has 1 N–H and O–H groups in total. The number of hydrogen-bond acceptors (Lipinski definition) is 6. The van der Waals surface area contributed by atoms with Crippen molar-refractivity contribution in [1.29, 1.82) is 0 Å². The molecule has 0 bridgehead atoms. The monoisotopic (exact) mass is 399 g/mol. The van der Waals surface area contributed by atoms with E-state index in [2.05, 4.69) is 0 Å². The number of carbonyl (C=O) groups excluding carboxylic acids is 2. The molecule has 8 heteroatoms. The average Bonchev–Trinajstić information content (AvgIpc) is 2.90. The molecule has 1 fully saturated rings. The normalized spacial score (nSPS) is 15.3. The Hall–Kier alpha value is -2.97. The van der Waals surface area contributed by atoms with Crippen molar-refractivity contribution >= 4 is 52.2 Å². The molecule has 3 rings (SSSR count). The molecule has 136 valence electrons. The van der Waals surface area contributed by atoms with Gasteiger partial charge in [-0.05, 0) is 35.9 Å². The first-order chi connectivity index (χ1) is 12.9. The number of hydrogen-bond donors (Lipinski definition) is 1. The van der Waals surface area contributed by atoms with Crippen molar-refractivity contribution in [1.82, 2.24) is 4.90 Å². The molecule has 0 atom stereocenters. The summed E-state index contributed by atoms with van der Waals surface area (Å²) < 4.78 is 5.55. The van der Waals surface area contributed by atoms with E-state index in [0.29, 0.717) is 21.8 Å². The summed E-state index contributed by atoms with van der Waals surface area (Å²) in [6.45, 7) is -0.475. The van der Waals surface area contributed by atoms with Crippen molar-refractivity contribution in [3.63, 3.8) is 0 Å². The van der Waals surface area contributed by atoms with E-state index >= 15 is 0 Å². The second-order valence-electron chi connectivity index (χ2n) is 5.49. The lowest BCUT2D eigenvalue weighted by Crippen LogP contribution is -2.33. The lowest BCUT2D eigenvalue weighted by atomic mass is 10.2. The fourth-order valence-corrected chi connectivity index (χ4v) is 3.59. The highest BCUT2D eigenvalue weighted by Crippen LogP contribution is 2.32. The molecule has 0 saturated carbocycles. The van der Waals surface area contributed by atoms with Gasteiger partial charge in [-0.2, -0.15) is 0 Å². The van der Waals surface area contributed by atoms with Crippen LogP contribution >= 0.6 is 24.0 Å². The summed E-state index contributed by atoms with van der Waals surface area (Å²) >= 11 is 6.09. The van der Waals surface area contributed by atoms with E-state index in [1.165, 1.54) is 0 Å². The topological polar surface area (TPSA) is 83.9 Å². The van der Waals surface area contributed by atoms with Crippen LogP contribution < -0.4 is 4.74 Å². The van der Waals surface area contributed by atoms with Crippen LogP contribution in [0.3, 0.4) is 0 Å². The lowest BCUT2D eigenvalue weighted by Gasteiger charge is -2.10. The van der Waals surface area contributed by atoms with Crippen molar-refractivity contribution < 1.29 is 24.2 Å². The highest BCUT2D eigenvalue weighted by Gasteiger charge is 2.33. The number of esters is 1. The first-order valence-electron chi connectivity index (χ1n) is 7.78. The van der Waals surface area contributed by atoms with Gasteiger partial charge in [0.05, 0.1) is 10.5 Å². The number of amides is 1. The van der Waals surface area contributed by atoms with E-state index in [4.69, 9.17) is 22.1 Å². The fourth-order valence-electron chi connectivity index (χ4n) is 2.33. The molecular weight excluding hydrogens is 386 g/mol. The van der Waals surface area contributed by atoms with Crippen molar-refractivity contribution in [3.8, 4) is 5.75 Å². The predicted molar refractivity (Wildman–Crippen MR) is 105 cm³/mol. The first kappa shape index (κ1) is 18.8. The van der Waals surface area contributed by atoms with Crippen molar-refractivity contribution in [2.45, 2.75) is 0 Å². The third-order valence-corrected chi connectivity index (χ3v) is 4.92. The molecule has 0 aromatic heterocycles. The van der Waals surface area contributed by atoms with Gasteiger partial charge >= 0.3 is 11.9 Å². The van der Waals surface area contributed by atoms with Gasteiger partial charge < -0.3 is 9.84 Å². The molecule has 2 aromatic rings. The van der Waals surface area contributed by atoms with E-state index in [1.807, 2.05) is 0 Å². The number of thiocarbonyl (C=S) groups is 1. The van der Waals surface area contributed by atoms with Crippen LogP contribution in [0.25, 0.3) is 6.08 Å². The summed E-state index contributed by atoms with van der Waals surface area (Å²) in [7, 11) is 0. The maximum atomic E-state index is 12.3. The summed E-state index contributed by atoms with van der Waals surface area (Å²) in [5, 5.41) is 8.87. The fraction of sp³-hybridized carbons (Fsp3) is 0.0526. The Morgan fingerprint density at radius 1 is 1.15 bits per heavy atom. The second-order valence-corrected chi connectivity index (χ2v) is 7.17. The zero-order valence-corrected chi connectivity index (χ0v) is 15.5. The van der Waals surface area contributed by atoms with Crippen LogP contribution in [0.2, 0.25) is 0 Å². The largest absolute Gasteiger partial charge is 0.480 e. The Bertz CT molecular complexity index is 956. The zero-order valence-electron chi connectivity index (χ0n) is 13.8. The molecule has 1 aliphatic rings. The quantitative estimate of drug-likeness (QED) is 0.358. The summed E-state index contributed by atoms with van der Waals surface area (Å²) in [6, 6.07) is 15.3. The van der Waals surface area contributed by atoms with Crippen LogP contribution in [0.15, 0.2) is 59.5 Å². The standard InChI is InChI=1S/C19H13NO5S2/c21-16(22)11-20-17(23)15(27-19(20)26)10-12-5-4-8-14(9-12)25-18(24)13-6-2-1-3-7-13/h1-10H,11H2,(H,21,22). The van der Waals surface area contributed by atoms with Gasteiger partial charge in [-0.1, -0.05) is 54.3 Å². The molecule has 2 aromatic carbocycles. The predicted octanol–water partition coefficient (Wildman–Crippen LogP) is 3.19. The smallest absolute Gasteiger partial charge is 0.343 e. The van der Waals surface area contributed by atoms with Crippen molar-refractivity contribution in [2.75, 3.05) is 6.54 Å². The lowest BCUT2D eigenvalue weighted by molar-refractivity contribution is -0.140. The second kappa shape index (κ2) is 8.15. The van der Waals surface area contributed by atoms with Gasteiger partial charge in [0.15, 0.2) is 0 Å². The molecule has 1 aliphatic heterocycles. The van der Waals surface area contributed by atoms with Crippen LogP contribution in [-0.2, 0) is 9.59 Å². The molecule has 1 amide bonds. The van der Waals surface area contributed by atoms with E-state index < -0.39 is 24.4 Å². The first-order valence-corrected chi connectivity index (χ1v) is 9.01. The summed E-state index contributed by atoms with van der Waals surface area (Å²) in [5.74, 6) is -1.75. The highest BCUT2D eigenvalue weighted by molar-refractivity contribution is 8.26.